The molecule has 0 unspecified atom stereocenters. The average molecular weight is 610 g/mol. The van der Waals surface area contributed by atoms with Crippen LogP contribution in [0.2, 0.25) is 0 Å². The van der Waals surface area contributed by atoms with Gasteiger partial charge in [-0.1, -0.05) is 30.3 Å². The van der Waals surface area contributed by atoms with Gasteiger partial charge in [0, 0.05) is 82.1 Å². The number of likely N-dealkylation sites (tertiary alicyclic amines) is 1. The highest BCUT2D eigenvalue weighted by Gasteiger charge is 2.51. The van der Waals surface area contributed by atoms with Crippen LogP contribution in [0.3, 0.4) is 0 Å². The molecule has 1 aliphatic rings. The van der Waals surface area contributed by atoms with Crippen LogP contribution in [0.5, 0.6) is 0 Å². The molecule has 2 rings (SSSR count). The van der Waals surface area contributed by atoms with Crippen LogP contribution in [0.25, 0.3) is 0 Å². The van der Waals surface area contributed by atoms with Crippen molar-refractivity contribution < 1.29 is 28.6 Å². The predicted molar refractivity (Wildman–Crippen MR) is 147 cm³/mol. The molecule has 186 valence electrons. The van der Waals surface area contributed by atoms with Crippen LogP contribution in [0, 0.1) is 0 Å². The van der Waals surface area contributed by atoms with Gasteiger partial charge < -0.3 is 14.6 Å². The van der Waals surface area contributed by atoms with Gasteiger partial charge in [-0.05, 0) is 26.3 Å². The largest absolute Gasteiger partial charge is 0.459 e. The average Bonchev–Trinajstić information content (AvgIpc) is 3.14. The Labute approximate surface area is 219 Å². The van der Waals surface area contributed by atoms with Crippen LogP contribution in [-0.4, -0.2) is 52.5 Å². The van der Waals surface area contributed by atoms with Crippen molar-refractivity contribution in [1.82, 2.24) is 4.90 Å². The summed E-state index contributed by atoms with van der Waals surface area (Å²) in [5.41, 5.74) is -2.05. The topological polar surface area (TPSA) is 76.1 Å². The number of aliphatic hydroxyl groups is 1. The van der Waals surface area contributed by atoms with Gasteiger partial charge in [-0.15, -0.1) is 0 Å². The Kier molecular flexibility index (Phi) is 14.5. The standard InChI is InChI=1S/C18H24FNO5.S8/c1-17(2,3)25-16(23)20-11-18(19,12-21)9-14(20)15(22)24-10-13-7-5-4-6-8-13;1-3-5-7-8-6-4-2/h4-8,14,21H,9-12H2,1-3H3;/t14-,18+;/m0./s1. The molecule has 1 heterocycles. The molecule has 1 aliphatic heterocycles. The molecule has 1 aromatic carbocycles. The minimum absolute atomic E-state index is 0.0245. The molecule has 6 nitrogen and oxygen atoms in total. The molecule has 1 fully saturated rings. The second kappa shape index (κ2) is 15.6. The van der Waals surface area contributed by atoms with E-state index in [4.69, 9.17) is 9.47 Å². The summed E-state index contributed by atoms with van der Waals surface area (Å²) >= 11 is 9.21. The molecule has 1 amide bonds. The van der Waals surface area contributed by atoms with E-state index >= 15 is 0 Å². The lowest BCUT2D eigenvalue weighted by Gasteiger charge is -2.27. The van der Waals surface area contributed by atoms with Gasteiger partial charge in [0.1, 0.15) is 18.2 Å². The molecule has 0 bridgehead atoms. The summed E-state index contributed by atoms with van der Waals surface area (Å²) < 4.78 is 25.0. The molecule has 1 aromatic rings. The van der Waals surface area contributed by atoms with Gasteiger partial charge >= 0.3 is 12.1 Å². The van der Waals surface area contributed by atoms with E-state index in [0.717, 1.165) is 10.5 Å². The van der Waals surface area contributed by atoms with E-state index in [0.29, 0.717) is 0 Å². The van der Waals surface area contributed by atoms with Crippen LogP contribution >= 0.6 is 0 Å². The van der Waals surface area contributed by atoms with Crippen molar-refractivity contribution >= 4 is 87.7 Å². The van der Waals surface area contributed by atoms with E-state index in [1.165, 1.54) is 17.8 Å². The van der Waals surface area contributed by atoms with Gasteiger partial charge in [0.2, 0.25) is 0 Å². The van der Waals surface area contributed by atoms with Crippen molar-refractivity contribution in [2.75, 3.05) is 13.2 Å². The minimum atomic E-state index is -2.05. The molecular weight excluding hydrogens is 586 g/mol. The van der Waals surface area contributed by atoms with Crippen molar-refractivity contribution in [3.63, 3.8) is 0 Å². The fourth-order valence-electron chi connectivity index (χ4n) is 2.64. The summed E-state index contributed by atoms with van der Waals surface area (Å²) in [6.45, 7) is 3.87. The summed E-state index contributed by atoms with van der Waals surface area (Å²) in [6.07, 6.45) is -1.13. The number of hydrogen-bond acceptors (Lipinski definition) is 7. The number of rotatable bonds is 4. The molecule has 1 N–H and O–H groups in total. The van der Waals surface area contributed by atoms with Crippen molar-refractivity contribution in [3.8, 4) is 0 Å². The number of halogens is 1. The van der Waals surface area contributed by atoms with Gasteiger partial charge in [0.25, 0.3) is 0 Å². The first-order valence-electron chi connectivity index (χ1n) is 9.30. The lowest BCUT2D eigenvalue weighted by atomic mass is 10.0. The summed E-state index contributed by atoms with van der Waals surface area (Å²) in [7, 11) is 9.12. The van der Waals surface area contributed by atoms with Crippen molar-refractivity contribution in [2.24, 2.45) is 0 Å². The number of esters is 1. The molecular formula is C18H24FNO5S8. The molecule has 0 aliphatic carbocycles. The normalized spacial score (nSPS) is 19.3. The second-order valence-corrected chi connectivity index (χ2v) is 18.3. The highest BCUT2D eigenvalue weighted by atomic mass is 33.4. The van der Waals surface area contributed by atoms with E-state index in [-0.39, 0.29) is 13.0 Å². The van der Waals surface area contributed by atoms with Crippen LogP contribution < -0.4 is 0 Å². The maximum absolute atomic E-state index is 14.6. The highest BCUT2D eigenvalue weighted by molar-refractivity contribution is 8.70. The summed E-state index contributed by atoms with van der Waals surface area (Å²) in [5, 5.41) is 9.26. The molecule has 0 saturated carbocycles. The van der Waals surface area contributed by atoms with Crippen molar-refractivity contribution in [2.45, 2.75) is 51.1 Å². The Morgan fingerprint density at radius 1 is 1.15 bits per heavy atom. The molecule has 2 atom stereocenters. The fraction of sp³-hybridized carbons (Fsp3) is 0.556. The van der Waals surface area contributed by atoms with Gasteiger partial charge in [-0.2, -0.15) is 0 Å². The monoisotopic (exact) mass is 609 g/mol. The Morgan fingerprint density at radius 2 is 1.73 bits per heavy atom. The zero-order valence-electron chi connectivity index (χ0n) is 18.0. The molecule has 15 heteroatoms. The number of alkyl halides is 1. The number of ether oxygens (including phenoxy) is 2. The third kappa shape index (κ3) is 12.2. The molecule has 0 spiro atoms. The Morgan fingerprint density at radius 3 is 2.21 bits per heavy atom. The van der Waals surface area contributed by atoms with Gasteiger partial charge in [0.15, 0.2) is 5.67 Å². The number of amides is 1. The lowest BCUT2D eigenvalue weighted by molar-refractivity contribution is -0.150. The van der Waals surface area contributed by atoms with Crippen LogP contribution in [-0.2, 0) is 96.5 Å². The van der Waals surface area contributed by atoms with E-state index in [2.05, 4.69) is 22.4 Å². The number of hydrogen-bond donors (Lipinski definition) is 1. The number of carbonyl (C=O) groups is 2. The Balaban J connectivity index is 0.000000582. The van der Waals surface area contributed by atoms with Gasteiger partial charge in [0.05, 0.1) is 13.2 Å². The zero-order valence-corrected chi connectivity index (χ0v) is 24.5. The molecule has 0 radical (unpaired) electrons. The maximum Gasteiger partial charge on any atom is 0.411 e. The Hall–Kier alpha value is -0.390. The van der Waals surface area contributed by atoms with Crippen molar-refractivity contribution in [3.05, 3.63) is 35.9 Å². The lowest BCUT2D eigenvalue weighted by Crippen LogP contribution is -2.44. The minimum Gasteiger partial charge on any atom is -0.459 e. The first-order valence-corrected chi connectivity index (χ1v) is 18.6. The third-order valence-corrected chi connectivity index (χ3v) is 15.0. The van der Waals surface area contributed by atoms with Gasteiger partial charge in [-0.25, -0.2) is 14.0 Å². The van der Waals surface area contributed by atoms with E-state index in [1.54, 1.807) is 68.4 Å². The van der Waals surface area contributed by atoms with Crippen molar-refractivity contribution in [1.29, 1.82) is 0 Å². The van der Waals surface area contributed by atoms with E-state index in [1.807, 2.05) is 18.2 Å². The smallest absolute Gasteiger partial charge is 0.411 e. The highest BCUT2D eigenvalue weighted by Crippen LogP contribution is 2.32. The van der Waals surface area contributed by atoms with Crippen LogP contribution in [0.4, 0.5) is 9.18 Å². The third-order valence-electron chi connectivity index (χ3n) is 3.94. The van der Waals surface area contributed by atoms with E-state index in [9.17, 15) is 19.1 Å². The molecule has 1 saturated heterocycles. The summed E-state index contributed by atoms with van der Waals surface area (Å²) in [6, 6.07) is 7.91. The summed E-state index contributed by atoms with van der Waals surface area (Å²) in [4.78, 5) is 25.7. The number of aliphatic hydroxyl groups excluding tert-OH is 1. The number of carbonyl (C=O) groups excluding carboxylic acids is 2. The van der Waals surface area contributed by atoms with Crippen LogP contribution in [0.1, 0.15) is 32.8 Å². The SMILES string of the molecule is CC(C)(C)OC(=O)N1C[C@@](F)(CO)C[C@H]1C(=O)OCc1ccccc1.S=S=S=S=S=S=S=S. The number of nitrogens with zero attached hydrogens (tertiary/aromatic N) is 1. The number of benzene rings is 1. The molecule has 0 aromatic heterocycles. The van der Waals surface area contributed by atoms with Crippen LogP contribution in [0.15, 0.2) is 30.3 Å². The van der Waals surface area contributed by atoms with Gasteiger partial charge in [-0.3, -0.25) is 4.90 Å². The van der Waals surface area contributed by atoms with E-state index < -0.39 is 42.5 Å². The second-order valence-electron chi connectivity index (χ2n) is 7.64. The fourth-order valence-corrected chi connectivity index (χ4v) is 13.6. The predicted octanol–water partition coefficient (Wildman–Crippen LogP) is 2.42. The quantitative estimate of drug-likeness (QED) is 0.526. The Bertz CT molecular complexity index is 1030. The molecule has 33 heavy (non-hydrogen) atoms. The zero-order chi connectivity index (χ0) is 24.9. The summed E-state index contributed by atoms with van der Waals surface area (Å²) in [5.74, 6) is -0.720. The maximum atomic E-state index is 14.6. The first-order chi connectivity index (χ1) is 15.5. The first kappa shape index (κ1) is 30.6.